The minimum absolute atomic E-state index is 0.267. The van der Waals surface area contributed by atoms with Crippen LogP contribution in [0.25, 0.3) is 16.7 Å². The molecule has 0 saturated heterocycles. The molecule has 5 heteroatoms. The van der Waals surface area contributed by atoms with Crippen molar-refractivity contribution in [3.05, 3.63) is 83.4 Å². The van der Waals surface area contributed by atoms with Crippen LogP contribution in [0.3, 0.4) is 0 Å². The molecule has 0 saturated carbocycles. The van der Waals surface area contributed by atoms with Gasteiger partial charge in [-0.1, -0.05) is 24.3 Å². The number of rotatable bonds is 8. The number of nitrogens with zero attached hydrogens (tertiary/aromatic N) is 1. The monoisotopic (exact) mass is 391 g/mol. The number of hydrogen-bond donors (Lipinski definition) is 1. The van der Waals surface area contributed by atoms with Crippen LogP contribution < -0.4 is 0 Å². The van der Waals surface area contributed by atoms with E-state index in [0.717, 1.165) is 53.0 Å². The number of ether oxygens (including phenoxy) is 2. The Hall–Kier alpha value is -3.18. The summed E-state index contributed by atoms with van der Waals surface area (Å²) in [6.45, 7) is 0.699. The molecule has 0 aliphatic heterocycles. The zero-order chi connectivity index (χ0) is 20.6. The van der Waals surface area contributed by atoms with Gasteiger partial charge in [0.2, 0.25) is 0 Å². The summed E-state index contributed by atoms with van der Waals surface area (Å²) < 4.78 is 10.5. The van der Waals surface area contributed by atoms with Crippen molar-refractivity contribution in [2.75, 3.05) is 20.8 Å². The first-order chi connectivity index (χ1) is 14.1. The Kier molecular flexibility index (Phi) is 6.98. The highest BCUT2D eigenvalue weighted by Crippen LogP contribution is 2.32. The van der Waals surface area contributed by atoms with Gasteiger partial charge in [0.1, 0.15) is 5.76 Å². The highest BCUT2D eigenvalue weighted by atomic mass is 16.5. The molecule has 0 bridgehead atoms. The number of carboxylic acids is 1. The highest BCUT2D eigenvalue weighted by Gasteiger charge is 2.14. The Morgan fingerprint density at radius 3 is 2.66 bits per heavy atom. The summed E-state index contributed by atoms with van der Waals surface area (Å²) in [6, 6.07) is 9.08. The molecule has 1 aliphatic carbocycles. The lowest BCUT2D eigenvalue weighted by Crippen LogP contribution is -2.00. The van der Waals surface area contributed by atoms with Gasteiger partial charge in [0.15, 0.2) is 0 Å². The van der Waals surface area contributed by atoms with Gasteiger partial charge in [-0.25, -0.2) is 4.79 Å². The van der Waals surface area contributed by atoms with Gasteiger partial charge in [0.25, 0.3) is 0 Å². The third-order valence-electron chi connectivity index (χ3n) is 4.81. The topological polar surface area (TPSA) is 68.7 Å². The Bertz CT molecular complexity index is 955. The summed E-state index contributed by atoms with van der Waals surface area (Å²) in [7, 11) is 3.35. The van der Waals surface area contributed by atoms with Crippen LogP contribution in [0, 0.1) is 0 Å². The maximum atomic E-state index is 11.2. The smallest absolute Gasteiger partial charge is 0.335 e. The molecule has 1 aromatic carbocycles. The summed E-state index contributed by atoms with van der Waals surface area (Å²) in [5.74, 6) is -0.138. The largest absolute Gasteiger partial charge is 0.497 e. The van der Waals surface area contributed by atoms with Gasteiger partial charge in [-0.05, 0) is 66.3 Å². The quantitative estimate of drug-likeness (QED) is 0.648. The van der Waals surface area contributed by atoms with Crippen molar-refractivity contribution in [2.45, 2.75) is 19.3 Å². The molecule has 0 unspecified atom stereocenters. The molecule has 2 aromatic rings. The first-order valence-corrected chi connectivity index (χ1v) is 9.55. The maximum absolute atomic E-state index is 11.2. The van der Waals surface area contributed by atoms with Gasteiger partial charge in [-0.2, -0.15) is 0 Å². The normalized spacial score (nSPS) is 13.4. The van der Waals surface area contributed by atoms with E-state index in [-0.39, 0.29) is 5.56 Å². The molecular weight excluding hydrogens is 366 g/mol. The molecular formula is C24H25NO4. The average Bonchev–Trinajstić information content (AvgIpc) is 2.99. The molecule has 1 aliphatic rings. The standard InChI is InChI=1S/C24H25NO4/c1-28-14-4-5-17-15-22(18-8-10-20(11-9-18)24(26)27)23(25-16-17)19-6-3-7-21(29-2)13-12-19/h3,7-13,15-16H,4-6,14H2,1-2H3,(H,26,27). The number of hydrogen-bond acceptors (Lipinski definition) is 4. The van der Waals surface area contributed by atoms with Gasteiger partial charge >= 0.3 is 5.97 Å². The van der Waals surface area contributed by atoms with Crippen LogP contribution in [0.1, 0.15) is 34.5 Å². The molecule has 29 heavy (non-hydrogen) atoms. The number of aryl methyl sites for hydroxylation is 1. The first kappa shape index (κ1) is 20.6. The zero-order valence-corrected chi connectivity index (χ0v) is 16.7. The fraction of sp³-hybridized carbons (Fsp3) is 0.250. The van der Waals surface area contributed by atoms with Gasteiger partial charge in [0.05, 0.1) is 18.4 Å². The summed E-state index contributed by atoms with van der Waals surface area (Å²) in [5, 5.41) is 9.19. The number of aromatic carboxylic acids is 1. The lowest BCUT2D eigenvalue weighted by molar-refractivity contribution is 0.0697. The number of carboxylic acid groups (broad SMARTS) is 1. The lowest BCUT2D eigenvalue weighted by atomic mass is 9.95. The molecule has 150 valence electrons. The van der Waals surface area contributed by atoms with Crippen LogP contribution in [-0.4, -0.2) is 36.9 Å². The predicted octanol–water partition coefficient (Wildman–Crippen LogP) is 4.90. The fourth-order valence-electron chi connectivity index (χ4n) is 3.25. The molecule has 3 rings (SSSR count). The summed E-state index contributed by atoms with van der Waals surface area (Å²) in [6.07, 6.45) is 12.4. The second-order valence-corrected chi connectivity index (χ2v) is 6.79. The SMILES string of the molecule is COCCCc1cnc(C2=CC=C(OC)C=CC2)c(-c2ccc(C(=O)O)cc2)c1. The number of carbonyl (C=O) groups is 1. The minimum Gasteiger partial charge on any atom is -0.497 e. The van der Waals surface area contributed by atoms with E-state index < -0.39 is 5.97 Å². The molecule has 0 amide bonds. The zero-order valence-electron chi connectivity index (χ0n) is 16.7. The maximum Gasteiger partial charge on any atom is 0.335 e. The van der Waals surface area contributed by atoms with Crippen molar-refractivity contribution in [3.8, 4) is 11.1 Å². The lowest BCUT2D eigenvalue weighted by Gasteiger charge is -2.13. The summed E-state index contributed by atoms with van der Waals surface area (Å²) >= 11 is 0. The number of methoxy groups -OCH3 is 2. The summed E-state index contributed by atoms with van der Waals surface area (Å²) in [4.78, 5) is 16.0. The van der Waals surface area contributed by atoms with Gasteiger partial charge in [0, 0.05) is 25.5 Å². The number of benzene rings is 1. The Balaban J connectivity index is 2.03. The molecule has 0 radical (unpaired) electrons. The molecule has 1 N–H and O–H groups in total. The van der Waals surface area contributed by atoms with Crippen molar-refractivity contribution in [1.29, 1.82) is 0 Å². The van der Waals surface area contributed by atoms with Gasteiger partial charge in [-0.15, -0.1) is 0 Å². The summed E-state index contributed by atoms with van der Waals surface area (Å²) in [5.41, 5.74) is 5.29. The third-order valence-corrected chi connectivity index (χ3v) is 4.81. The second-order valence-electron chi connectivity index (χ2n) is 6.79. The van der Waals surface area contributed by atoms with E-state index in [4.69, 9.17) is 14.5 Å². The Morgan fingerprint density at radius 1 is 1.17 bits per heavy atom. The van der Waals surface area contributed by atoms with Crippen molar-refractivity contribution < 1.29 is 19.4 Å². The number of aromatic nitrogens is 1. The predicted molar refractivity (Wildman–Crippen MR) is 114 cm³/mol. The molecule has 1 heterocycles. The van der Waals surface area contributed by atoms with Crippen LogP contribution in [0.15, 0.2) is 66.6 Å². The van der Waals surface area contributed by atoms with E-state index in [1.54, 1.807) is 26.4 Å². The van der Waals surface area contributed by atoms with Gasteiger partial charge in [-0.3, -0.25) is 4.98 Å². The minimum atomic E-state index is -0.933. The van der Waals surface area contributed by atoms with E-state index in [9.17, 15) is 9.90 Å². The van der Waals surface area contributed by atoms with Crippen LogP contribution >= 0.6 is 0 Å². The first-order valence-electron chi connectivity index (χ1n) is 9.55. The molecule has 0 atom stereocenters. The van der Waals surface area contributed by atoms with Crippen LogP contribution in [0.2, 0.25) is 0 Å². The third kappa shape index (κ3) is 5.21. The van der Waals surface area contributed by atoms with Crippen molar-refractivity contribution in [2.24, 2.45) is 0 Å². The van der Waals surface area contributed by atoms with E-state index in [0.29, 0.717) is 6.61 Å². The second kappa shape index (κ2) is 9.85. The number of allylic oxidation sites excluding steroid dienone is 5. The van der Waals surface area contributed by atoms with Crippen molar-refractivity contribution >= 4 is 11.5 Å². The van der Waals surface area contributed by atoms with E-state index in [1.165, 1.54) is 0 Å². The van der Waals surface area contributed by atoms with Crippen LogP contribution in [-0.2, 0) is 15.9 Å². The van der Waals surface area contributed by atoms with E-state index in [2.05, 4.69) is 12.1 Å². The van der Waals surface area contributed by atoms with E-state index >= 15 is 0 Å². The Morgan fingerprint density at radius 2 is 1.97 bits per heavy atom. The molecule has 0 fully saturated rings. The molecule has 5 nitrogen and oxygen atoms in total. The van der Waals surface area contributed by atoms with E-state index in [1.807, 2.05) is 36.6 Å². The number of pyridine rings is 1. The highest BCUT2D eigenvalue weighted by molar-refractivity contribution is 5.89. The van der Waals surface area contributed by atoms with Crippen LogP contribution in [0.4, 0.5) is 0 Å². The van der Waals surface area contributed by atoms with Gasteiger partial charge < -0.3 is 14.6 Å². The van der Waals surface area contributed by atoms with Crippen LogP contribution in [0.5, 0.6) is 0 Å². The van der Waals surface area contributed by atoms with Crippen molar-refractivity contribution in [1.82, 2.24) is 4.98 Å². The Labute approximate surface area is 171 Å². The molecule has 0 spiro atoms. The van der Waals surface area contributed by atoms with Crippen molar-refractivity contribution in [3.63, 3.8) is 0 Å². The molecule has 1 aromatic heterocycles. The fourth-order valence-corrected chi connectivity index (χ4v) is 3.25. The average molecular weight is 391 g/mol.